The Bertz CT molecular complexity index is 450. The van der Waals surface area contributed by atoms with Crippen LogP contribution >= 0.6 is 0 Å². The molecule has 1 aromatic carbocycles. The lowest BCUT2D eigenvalue weighted by Gasteiger charge is -2.31. The number of esters is 1. The standard InChI is InChI=1S/C17H25NO2/c1-13(14-9-6-5-7-10-14)18-12-8-11-15(18)16(19)20-17(2,3)4/h5-7,9-10,13,15H,8,11-12H2,1-4H3/t13?,15-/m1/s1. The number of nitrogens with zero attached hydrogens (tertiary/aromatic N) is 1. The molecule has 2 rings (SSSR count). The highest BCUT2D eigenvalue weighted by Gasteiger charge is 2.36. The molecule has 0 aromatic heterocycles. The Kier molecular flexibility index (Phi) is 4.48. The van der Waals surface area contributed by atoms with Crippen molar-refractivity contribution < 1.29 is 9.53 Å². The van der Waals surface area contributed by atoms with Crippen LogP contribution < -0.4 is 0 Å². The topological polar surface area (TPSA) is 29.5 Å². The number of benzene rings is 1. The van der Waals surface area contributed by atoms with Gasteiger partial charge in [0.25, 0.3) is 0 Å². The highest BCUT2D eigenvalue weighted by atomic mass is 16.6. The van der Waals surface area contributed by atoms with Gasteiger partial charge in [-0.05, 0) is 52.6 Å². The molecule has 0 amide bonds. The van der Waals surface area contributed by atoms with E-state index in [-0.39, 0.29) is 18.1 Å². The van der Waals surface area contributed by atoms with Gasteiger partial charge in [-0.15, -0.1) is 0 Å². The van der Waals surface area contributed by atoms with E-state index in [0.717, 1.165) is 19.4 Å². The third kappa shape index (κ3) is 3.60. The first-order chi connectivity index (χ1) is 9.38. The number of carbonyl (C=O) groups is 1. The molecule has 0 saturated carbocycles. The zero-order chi connectivity index (χ0) is 14.8. The van der Waals surface area contributed by atoms with Crippen LogP contribution in [0, 0.1) is 0 Å². The predicted octanol–water partition coefficient (Wildman–Crippen LogP) is 3.55. The van der Waals surface area contributed by atoms with Crippen molar-refractivity contribution >= 4 is 5.97 Å². The second-order valence-electron chi connectivity index (χ2n) is 6.52. The number of carbonyl (C=O) groups excluding carboxylic acids is 1. The SMILES string of the molecule is CC(c1ccccc1)N1CCC[C@@H]1C(=O)OC(C)(C)C. The zero-order valence-electron chi connectivity index (χ0n) is 12.9. The van der Waals surface area contributed by atoms with E-state index in [1.807, 2.05) is 39.0 Å². The van der Waals surface area contributed by atoms with Gasteiger partial charge in [0.2, 0.25) is 0 Å². The maximum Gasteiger partial charge on any atom is 0.323 e. The van der Waals surface area contributed by atoms with Crippen molar-refractivity contribution in [1.29, 1.82) is 0 Å². The van der Waals surface area contributed by atoms with Gasteiger partial charge in [0.1, 0.15) is 11.6 Å². The van der Waals surface area contributed by atoms with Gasteiger partial charge in [0.05, 0.1) is 0 Å². The Morgan fingerprint density at radius 2 is 1.95 bits per heavy atom. The number of ether oxygens (including phenoxy) is 1. The normalized spacial score (nSPS) is 21.7. The fraction of sp³-hybridized carbons (Fsp3) is 0.588. The highest BCUT2D eigenvalue weighted by Crippen LogP contribution is 2.30. The van der Waals surface area contributed by atoms with Crippen molar-refractivity contribution in [2.24, 2.45) is 0 Å². The van der Waals surface area contributed by atoms with Gasteiger partial charge in [-0.2, -0.15) is 0 Å². The van der Waals surface area contributed by atoms with Crippen molar-refractivity contribution in [2.75, 3.05) is 6.54 Å². The van der Waals surface area contributed by atoms with Gasteiger partial charge in [0.15, 0.2) is 0 Å². The fourth-order valence-corrected chi connectivity index (χ4v) is 2.80. The molecule has 1 heterocycles. The molecular weight excluding hydrogens is 250 g/mol. The monoisotopic (exact) mass is 275 g/mol. The van der Waals surface area contributed by atoms with E-state index in [9.17, 15) is 4.79 Å². The van der Waals surface area contributed by atoms with Crippen LogP contribution in [0.15, 0.2) is 30.3 Å². The van der Waals surface area contributed by atoms with E-state index in [4.69, 9.17) is 4.74 Å². The Hall–Kier alpha value is -1.35. The Balaban J connectivity index is 2.09. The van der Waals surface area contributed by atoms with Gasteiger partial charge in [-0.3, -0.25) is 9.69 Å². The third-order valence-electron chi connectivity index (χ3n) is 3.75. The van der Waals surface area contributed by atoms with Crippen LogP contribution in [0.2, 0.25) is 0 Å². The van der Waals surface area contributed by atoms with Crippen molar-refractivity contribution in [2.45, 2.75) is 58.2 Å². The molecule has 1 aromatic rings. The minimum Gasteiger partial charge on any atom is -0.459 e. The molecule has 0 aliphatic carbocycles. The van der Waals surface area contributed by atoms with E-state index >= 15 is 0 Å². The number of hydrogen-bond acceptors (Lipinski definition) is 3. The maximum absolute atomic E-state index is 12.3. The molecule has 2 atom stereocenters. The summed E-state index contributed by atoms with van der Waals surface area (Å²) in [5.74, 6) is -0.0854. The molecule has 1 fully saturated rings. The second-order valence-corrected chi connectivity index (χ2v) is 6.52. The van der Waals surface area contributed by atoms with Gasteiger partial charge in [-0.25, -0.2) is 0 Å². The lowest BCUT2D eigenvalue weighted by Crippen LogP contribution is -2.41. The molecule has 1 aliphatic rings. The minimum atomic E-state index is -0.415. The molecule has 0 radical (unpaired) electrons. The lowest BCUT2D eigenvalue weighted by atomic mass is 10.1. The zero-order valence-corrected chi connectivity index (χ0v) is 12.9. The van der Waals surface area contributed by atoms with Crippen molar-refractivity contribution in [3.63, 3.8) is 0 Å². The molecule has 3 heteroatoms. The van der Waals surface area contributed by atoms with Gasteiger partial charge in [-0.1, -0.05) is 30.3 Å². The van der Waals surface area contributed by atoms with Crippen LogP contribution in [-0.2, 0) is 9.53 Å². The summed E-state index contributed by atoms with van der Waals surface area (Å²) in [5, 5.41) is 0. The first-order valence-corrected chi connectivity index (χ1v) is 7.42. The van der Waals surface area contributed by atoms with E-state index < -0.39 is 5.60 Å². The molecular formula is C17H25NO2. The van der Waals surface area contributed by atoms with Crippen LogP contribution in [0.25, 0.3) is 0 Å². The minimum absolute atomic E-state index is 0.0854. The van der Waals surface area contributed by atoms with Crippen molar-refractivity contribution in [3.05, 3.63) is 35.9 Å². The smallest absolute Gasteiger partial charge is 0.323 e. The molecule has 1 unspecified atom stereocenters. The molecule has 1 aliphatic heterocycles. The Morgan fingerprint density at radius 1 is 1.30 bits per heavy atom. The molecule has 110 valence electrons. The first-order valence-electron chi connectivity index (χ1n) is 7.42. The van der Waals surface area contributed by atoms with Crippen LogP contribution in [0.5, 0.6) is 0 Å². The third-order valence-corrected chi connectivity index (χ3v) is 3.75. The average molecular weight is 275 g/mol. The van der Waals surface area contributed by atoms with Crippen LogP contribution in [0.1, 0.15) is 52.1 Å². The summed E-state index contributed by atoms with van der Waals surface area (Å²) in [4.78, 5) is 14.6. The van der Waals surface area contributed by atoms with Crippen LogP contribution in [-0.4, -0.2) is 29.1 Å². The summed E-state index contributed by atoms with van der Waals surface area (Å²) in [6.07, 6.45) is 1.95. The summed E-state index contributed by atoms with van der Waals surface area (Å²) in [5.41, 5.74) is 0.837. The Labute approximate surface area is 121 Å². The van der Waals surface area contributed by atoms with Crippen molar-refractivity contribution in [3.8, 4) is 0 Å². The number of rotatable bonds is 3. The largest absolute Gasteiger partial charge is 0.459 e. The number of hydrogen-bond donors (Lipinski definition) is 0. The molecule has 0 spiro atoms. The summed E-state index contributed by atoms with van der Waals surface area (Å²) >= 11 is 0. The van der Waals surface area contributed by atoms with E-state index in [0.29, 0.717) is 0 Å². The van der Waals surface area contributed by atoms with E-state index in [1.165, 1.54) is 5.56 Å². The quantitative estimate of drug-likeness (QED) is 0.790. The van der Waals surface area contributed by atoms with Crippen LogP contribution in [0.3, 0.4) is 0 Å². The van der Waals surface area contributed by atoms with Gasteiger partial charge < -0.3 is 4.74 Å². The van der Waals surface area contributed by atoms with E-state index in [1.54, 1.807) is 0 Å². The van der Waals surface area contributed by atoms with Crippen LogP contribution in [0.4, 0.5) is 0 Å². The lowest BCUT2D eigenvalue weighted by molar-refractivity contribution is -0.161. The average Bonchev–Trinajstić information content (AvgIpc) is 2.86. The second kappa shape index (κ2) is 5.96. The summed E-state index contributed by atoms with van der Waals surface area (Å²) in [7, 11) is 0. The fourth-order valence-electron chi connectivity index (χ4n) is 2.80. The molecule has 0 bridgehead atoms. The molecule has 3 nitrogen and oxygen atoms in total. The Morgan fingerprint density at radius 3 is 2.55 bits per heavy atom. The molecule has 1 saturated heterocycles. The van der Waals surface area contributed by atoms with Gasteiger partial charge in [0, 0.05) is 6.04 Å². The first kappa shape index (κ1) is 15.0. The highest BCUT2D eigenvalue weighted by molar-refractivity contribution is 5.76. The van der Waals surface area contributed by atoms with Crippen molar-refractivity contribution in [1.82, 2.24) is 4.90 Å². The maximum atomic E-state index is 12.3. The summed E-state index contributed by atoms with van der Waals surface area (Å²) in [6, 6.07) is 10.5. The molecule has 20 heavy (non-hydrogen) atoms. The van der Waals surface area contributed by atoms with E-state index in [2.05, 4.69) is 24.0 Å². The molecule has 0 N–H and O–H groups in total. The number of likely N-dealkylation sites (tertiary alicyclic amines) is 1. The van der Waals surface area contributed by atoms with Gasteiger partial charge >= 0.3 is 5.97 Å². The predicted molar refractivity (Wildman–Crippen MR) is 80.4 cm³/mol. The summed E-state index contributed by atoms with van der Waals surface area (Å²) in [6.45, 7) is 8.89. The summed E-state index contributed by atoms with van der Waals surface area (Å²) < 4.78 is 5.56.